The molecular formula is C36H39N5O2. The largest absolute Gasteiger partial charge is 0.369 e. The predicted molar refractivity (Wildman–Crippen MR) is 174 cm³/mol. The van der Waals surface area contributed by atoms with E-state index in [-0.39, 0.29) is 18.0 Å². The Kier molecular flexibility index (Phi) is 8.70. The van der Waals surface area contributed by atoms with Gasteiger partial charge in [0.1, 0.15) is 6.04 Å². The highest BCUT2D eigenvalue weighted by Crippen LogP contribution is 2.31. The van der Waals surface area contributed by atoms with E-state index in [0.29, 0.717) is 6.54 Å². The van der Waals surface area contributed by atoms with Crippen molar-refractivity contribution in [1.82, 2.24) is 10.2 Å². The maximum absolute atomic E-state index is 13.8. The van der Waals surface area contributed by atoms with Crippen LogP contribution in [0, 0.1) is 0 Å². The van der Waals surface area contributed by atoms with Gasteiger partial charge in [-0.15, -0.1) is 0 Å². The number of carbonyl (C=O) groups is 2. The molecule has 0 saturated carbocycles. The number of nitrogens with one attached hydrogen (secondary N) is 2. The first-order chi connectivity index (χ1) is 21.1. The molecule has 0 bridgehead atoms. The third kappa shape index (κ3) is 6.42. The van der Waals surface area contributed by atoms with E-state index in [9.17, 15) is 9.59 Å². The number of nitrogens with zero attached hydrogens (tertiary/aromatic N) is 3. The Hall–Kier alpha value is -4.62. The molecule has 1 heterocycles. The summed E-state index contributed by atoms with van der Waals surface area (Å²) in [6, 6.07) is 33.8. The summed E-state index contributed by atoms with van der Waals surface area (Å²) in [4.78, 5) is 33.1. The Morgan fingerprint density at radius 3 is 2.12 bits per heavy atom. The topological polar surface area (TPSA) is 67.9 Å². The Labute approximate surface area is 254 Å². The standard InChI is InChI=1S/C36H39N5O2/c1-2-37-36(43)41(32-14-7-4-8-15-32)33-20-18-31(19-21-33)39-22-24-40(25-23-39)34(28-10-5-3-6-11-28)35(42)38-30-17-16-27-12-9-13-29(27)26-30/h3-8,10-11,14-21,26,34H,2,9,12-13,22-25H2,1H3,(H,37,43)(H,38,42). The highest BCUT2D eigenvalue weighted by molar-refractivity contribution is 5.99. The quantitative estimate of drug-likeness (QED) is 0.251. The molecule has 0 spiro atoms. The molecule has 3 amide bonds. The first-order valence-corrected chi connectivity index (χ1v) is 15.3. The summed E-state index contributed by atoms with van der Waals surface area (Å²) in [5.74, 6) is 0.00769. The van der Waals surface area contributed by atoms with Gasteiger partial charge in [-0.1, -0.05) is 54.6 Å². The summed E-state index contributed by atoms with van der Waals surface area (Å²) < 4.78 is 0. The molecule has 43 heavy (non-hydrogen) atoms. The fourth-order valence-corrected chi connectivity index (χ4v) is 6.27. The number of aryl methyl sites for hydroxylation is 2. The first kappa shape index (κ1) is 28.5. The summed E-state index contributed by atoms with van der Waals surface area (Å²) in [6.07, 6.45) is 3.40. The van der Waals surface area contributed by atoms with E-state index in [0.717, 1.165) is 67.3 Å². The van der Waals surface area contributed by atoms with E-state index in [1.54, 1.807) is 4.90 Å². The Morgan fingerprint density at radius 1 is 0.767 bits per heavy atom. The Balaban J connectivity index is 1.15. The van der Waals surface area contributed by atoms with Gasteiger partial charge in [-0.3, -0.25) is 14.6 Å². The van der Waals surface area contributed by atoms with Gasteiger partial charge in [-0.2, -0.15) is 0 Å². The van der Waals surface area contributed by atoms with Crippen LogP contribution in [0.25, 0.3) is 0 Å². The summed E-state index contributed by atoms with van der Waals surface area (Å²) in [7, 11) is 0. The smallest absolute Gasteiger partial charge is 0.326 e. The van der Waals surface area contributed by atoms with Crippen molar-refractivity contribution < 1.29 is 9.59 Å². The lowest BCUT2D eigenvalue weighted by atomic mass is 10.0. The van der Waals surface area contributed by atoms with Crippen LogP contribution in [0.3, 0.4) is 0 Å². The van der Waals surface area contributed by atoms with Crippen molar-refractivity contribution in [2.45, 2.75) is 32.2 Å². The molecule has 0 aromatic heterocycles. The Bertz CT molecular complexity index is 1530. The van der Waals surface area contributed by atoms with Gasteiger partial charge in [0.05, 0.1) is 11.4 Å². The second-order valence-electron chi connectivity index (χ2n) is 11.2. The molecule has 7 nitrogen and oxygen atoms in total. The zero-order valence-corrected chi connectivity index (χ0v) is 24.7. The molecule has 1 saturated heterocycles. The highest BCUT2D eigenvalue weighted by atomic mass is 16.2. The average Bonchev–Trinajstić information content (AvgIpc) is 3.51. The van der Waals surface area contributed by atoms with Gasteiger partial charge in [0, 0.05) is 44.1 Å². The predicted octanol–water partition coefficient (Wildman–Crippen LogP) is 6.54. The van der Waals surface area contributed by atoms with E-state index in [2.05, 4.69) is 44.7 Å². The van der Waals surface area contributed by atoms with Gasteiger partial charge in [0.2, 0.25) is 5.91 Å². The van der Waals surface area contributed by atoms with Gasteiger partial charge in [0.15, 0.2) is 0 Å². The molecule has 1 fully saturated rings. The van der Waals surface area contributed by atoms with E-state index in [4.69, 9.17) is 0 Å². The lowest BCUT2D eigenvalue weighted by Crippen LogP contribution is -2.50. The number of carbonyl (C=O) groups excluding carboxylic acids is 2. The summed E-state index contributed by atoms with van der Waals surface area (Å²) in [5, 5.41) is 6.15. The van der Waals surface area contributed by atoms with Crippen molar-refractivity contribution in [3.63, 3.8) is 0 Å². The van der Waals surface area contributed by atoms with Crippen molar-refractivity contribution >= 4 is 34.7 Å². The van der Waals surface area contributed by atoms with Crippen LogP contribution in [0.5, 0.6) is 0 Å². The maximum atomic E-state index is 13.8. The summed E-state index contributed by atoms with van der Waals surface area (Å²) in [5.41, 5.74) is 7.37. The van der Waals surface area contributed by atoms with E-state index < -0.39 is 0 Å². The third-order valence-electron chi connectivity index (χ3n) is 8.43. The molecule has 1 unspecified atom stereocenters. The number of fused-ring (bicyclic) bond motifs is 1. The molecule has 2 N–H and O–H groups in total. The van der Waals surface area contributed by atoms with Crippen LogP contribution in [0.15, 0.2) is 103 Å². The van der Waals surface area contributed by atoms with Crippen LogP contribution in [-0.4, -0.2) is 49.6 Å². The van der Waals surface area contributed by atoms with Crippen LogP contribution in [0.1, 0.15) is 36.1 Å². The van der Waals surface area contributed by atoms with Crippen molar-refractivity contribution in [1.29, 1.82) is 0 Å². The van der Waals surface area contributed by atoms with Gasteiger partial charge >= 0.3 is 6.03 Å². The lowest BCUT2D eigenvalue weighted by molar-refractivity contribution is -0.121. The van der Waals surface area contributed by atoms with Gasteiger partial charge in [0.25, 0.3) is 0 Å². The lowest BCUT2D eigenvalue weighted by Gasteiger charge is -2.40. The first-order valence-electron chi connectivity index (χ1n) is 15.3. The zero-order chi connectivity index (χ0) is 29.6. The van der Waals surface area contributed by atoms with Gasteiger partial charge < -0.3 is 15.5 Å². The minimum atomic E-state index is -0.365. The Morgan fingerprint density at radius 2 is 1.42 bits per heavy atom. The maximum Gasteiger partial charge on any atom is 0.326 e. The van der Waals surface area contributed by atoms with E-state index in [1.807, 2.05) is 85.8 Å². The van der Waals surface area contributed by atoms with Crippen LogP contribution in [0.2, 0.25) is 0 Å². The summed E-state index contributed by atoms with van der Waals surface area (Å²) >= 11 is 0. The average molecular weight is 574 g/mol. The number of hydrogen-bond donors (Lipinski definition) is 2. The van der Waals surface area contributed by atoms with Gasteiger partial charge in [-0.05, 0) is 91.4 Å². The molecule has 6 rings (SSSR count). The van der Waals surface area contributed by atoms with Crippen LogP contribution >= 0.6 is 0 Å². The number of anilines is 4. The molecule has 1 aliphatic carbocycles. The summed E-state index contributed by atoms with van der Waals surface area (Å²) in [6.45, 7) is 5.59. The molecule has 220 valence electrons. The van der Waals surface area contributed by atoms with E-state index >= 15 is 0 Å². The number of rotatable bonds is 8. The second-order valence-corrected chi connectivity index (χ2v) is 11.2. The number of urea groups is 1. The fourth-order valence-electron chi connectivity index (χ4n) is 6.27. The minimum absolute atomic E-state index is 0.00769. The molecule has 4 aromatic carbocycles. The van der Waals surface area contributed by atoms with Crippen LogP contribution < -0.4 is 20.4 Å². The van der Waals surface area contributed by atoms with Crippen molar-refractivity contribution in [2.24, 2.45) is 0 Å². The molecule has 1 aliphatic heterocycles. The molecule has 2 aliphatic rings. The number of para-hydroxylation sites is 1. The second kappa shape index (κ2) is 13.1. The van der Waals surface area contributed by atoms with Crippen molar-refractivity contribution in [2.75, 3.05) is 47.8 Å². The highest BCUT2D eigenvalue weighted by Gasteiger charge is 2.31. The fraction of sp³-hybridized carbons (Fsp3) is 0.278. The zero-order valence-electron chi connectivity index (χ0n) is 24.7. The molecule has 1 atom stereocenters. The van der Waals surface area contributed by atoms with Crippen molar-refractivity contribution in [3.8, 4) is 0 Å². The van der Waals surface area contributed by atoms with Gasteiger partial charge in [-0.25, -0.2) is 4.79 Å². The number of hydrogen-bond acceptors (Lipinski definition) is 4. The number of amides is 3. The number of benzene rings is 4. The molecule has 7 heteroatoms. The SMILES string of the molecule is CCNC(=O)N(c1ccccc1)c1ccc(N2CCN(C(C(=O)Nc3ccc4c(c3)CCC4)c3ccccc3)CC2)cc1. The molecule has 4 aromatic rings. The third-order valence-corrected chi connectivity index (χ3v) is 8.43. The minimum Gasteiger partial charge on any atom is -0.369 e. The van der Waals surface area contributed by atoms with Crippen LogP contribution in [0.4, 0.5) is 27.5 Å². The van der Waals surface area contributed by atoms with Crippen molar-refractivity contribution in [3.05, 3.63) is 120 Å². The van der Waals surface area contributed by atoms with E-state index in [1.165, 1.54) is 17.5 Å². The monoisotopic (exact) mass is 573 g/mol. The molecular weight excluding hydrogens is 534 g/mol. The molecule has 0 radical (unpaired) electrons. The van der Waals surface area contributed by atoms with Crippen LogP contribution in [-0.2, 0) is 17.6 Å². The number of piperazine rings is 1. The normalized spacial score (nSPS) is 15.4.